The molecule has 3 N–H and O–H groups in total. The molecule has 0 bridgehead atoms. The van der Waals surface area contributed by atoms with Gasteiger partial charge in [-0.05, 0) is 36.8 Å². The van der Waals surface area contributed by atoms with Gasteiger partial charge in [0.05, 0.1) is 12.3 Å². The molecule has 1 atom stereocenters. The van der Waals surface area contributed by atoms with Crippen molar-refractivity contribution in [3.05, 3.63) is 65.7 Å². The quantitative estimate of drug-likeness (QED) is 0.461. The molecule has 0 aliphatic heterocycles. The van der Waals surface area contributed by atoms with Crippen molar-refractivity contribution in [2.75, 3.05) is 0 Å². The first-order valence-corrected chi connectivity index (χ1v) is 7.00. The molecule has 21 heavy (non-hydrogen) atoms. The number of nitrogens with zero attached hydrogens (tertiary/aromatic N) is 1. The summed E-state index contributed by atoms with van der Waals surface area (Å²) in [4.78, 5) is 0. The molecule has 0 amide bonds. The standard InChI is InChI=1S/C16H17N3OS/c1-12(13-7-3-2-4-8-13)18-16(21)19-17-11-14-9-5-6-10-15(14)20/h2-12,20H,1H3,(H2,18,19,21)/b17-11+. The minimum absolute atomic E-state index is 0.0894. The van der Waals surface area contributed by atoms with Gasteiger partial charge in [0.25, 0.3) is 0 Å². The minimum atomic E-state index is 0.0894. The maximum atomic E-state index is 9.60. The Hall–Kier alpha value is -2.40. The highest BCUT2D eigenvalue weighted by Gasteiger charge is 2.05. The SMILES string of the molecule is CC(NC(=S)N/N=C/c1ccccc1O)c1ccccc1. The van der Waals surface area contributed by atoms with Crippen molar-refractivity contribution in [1.29, 1.82) is 0 Å². The number of nitrogens with one attached hydrogen (secondary N) is 2. The van der Waals surface area contributed by atoms with E-state index >= 15 is 0 Å². The number of hydrazone groups is 1. The first kappa shape index (κ1) is 15.0. The highest BCUT2D eigenvalue weighted by Crippen LogP contribution is 2.12. The molecule has 1 unspecified atom stereocenters. The van der Waals surface area contributed by atoms with Gasteiger partial charge in [0.15, 0.2) is 5.11 Å². The van der Waals surface area contributed by atoms with E-state index in [2.05, 4.69) is 15.8 Å². The Morgan fingerprint density at radius 3 is 2.52 bits per heavy atom. The Bertz CT molecular complexity index is 628. The molecule has 4 nitrogen and oxygen atoms in total. The van der Waals surface area contributed by atoms with Crippen LogP contribution in [0.3, 0.4) is 0 Å². The van der Waals surface area contributed by atoms with Crippen LogP contribution in [0.5, 0.6) is 5.75 Å². The van der Waals surface area contributed by atoms with Crippen LogP contribution in [0.2, 0.25) is 0 Å². The van der Waals surface area contributed by atoms with E-state index in [9.17, 15) is 5.11 Å². The van der Waals surface area contributed by atoms with Crippen molar-refractivity contribution in [2.45, 2.75) is 13.0 Å². The van der Waals surface area contributed by atoms with E-state index in [4.69, 9.17) is 12.2 Å². The smallest absolute Gasteiger partial charge is 0.187 e. The zero-order valence-electron chi connectivity index (χ0n) is 11.7. The van der Waals surface area contributed by atoms with Crippen LogP contribution in [0.1, 0.15) is 24.1 Å². The summed E-state index contributed by atoms with van der Waals surface area (Å²) in [7, 11) is 0. The molecule has 2 aromatic rings. The van der Waals surface area contributed by atoms with E-state index in [1.54, 1.807) is 18.2 Å². The predicted molar refractivity (Wildman–Crippen MR) is 89.4 cm³/mol. The van der Waals surface area contributed by atoms with Gasteiger partial charge in [0, 0.05) is 5.56 Å². The van der Waals surface area contributed by atoms with Crippen molar-refractivity contribution in [3.63, 3.8) is 0 Å². The van der Waals surface area contributed by atoms with Crippen molar-refractivity contribution >= 4 is 23.5 Å². The Labute approximate surface area is 129 Å². The van der Waals surface area contributed by atoms with E-state index in [1.807, 2.05) is 43.3 Å². The molecule has 0 aliphatic carbocycles. The molecule has 2 aromatic carbocycles. The number of phenolic OH excluding ortho intramolecular Hbond substituents is 1. The summed E-state index contributed by atoms with van der Waals surface area (Å²) in [6.45, 7) is 2.02. The molecular formula is C16H17N3OS. The Balaban J connectivity index is 1.87. The molecule has 0 fully saturated rings. The highest BCUT2D eigenvalue weighted by atomic mass is 32.1. The first-order valence-electron chi connectivity index (χ1n) is 6.59. The lowest BCUT2D eigenvalue weighted by Crippen LogP contribution is -2.34. The van der Waals surface area contributed by atoms with Crippen molar-refractivity contribution in [3.8, 4) is 5.75 Å². The minimum Gasteiger partial charge on any atom is -0.507 e. The number of benzene rings is 2. The zero-order valence-corrected chi connectivity index (χ0v) is 12.5. The highest BCUT2D eigenvalue weighted by molar-refractivity contribution is 7.80. The second-order valence-electron chi connectivity index (χ2n) is 4.53. The van der Waals surface area contributed by atoms with E-state index in [0.717, 1.165) is 5.56 Å². The fourth-order valence-electron chi connectivity index (χ4n) is 1.81. The third kappa shape index (κ3) is 4.57. The lowest BCUT2D eigenvalue weighted by Gasteiger charge is -2.15. The predicted octanol–water partition coefficient (Wildman–Crippen LogP) is 2.95. The van der Waals surface area contributed by atoms with E-state index in [1.165, 1.54) is 6.21 Å². The monoisotopic (exact) mass is 299 g/mol. The Morgan fingerprint density at radius 1 is 1.14 bits per heavy atom. The molecule has 0 saturated carbocycles. The molecular weight excluding hydrogens is 282 g/mol. The number of hydrogen-bond acceptors (Lipinski definition) is 3. The lowest BCUT2D eigenvalue weighted by molar-refractivity contribution is 0.474. The normalized spacial score (nSPS) is 12.0. The van der Waals surface area contributed by atoms with Crippen LogP contribution in [0.25, 0.3) is 0 Å². The van der Waals surface area contributed by atoms with E-state index in [0.29, 0.717) is 10.7 Å². The largest absolute Gasteiger partial charge is 0.507 e. The molecule has 0 spiro atoms. The number of hydrogen-bond donors (Lipinski definition) is 3. The van der Waals surface area contributed by atoms with Crippen LogP contribution in [0.15, 0.2) is 59.7 Å². The fraction of sp³-hybridized carbons (Fsp3) is 0.125. The maximum Gasteiger partial charge on any atom is 0.187 e. The molecule has 0 saturated heterocycles. The maximum absolute atomic E-state index is 9.60. The number of para-hydroxylation sites is 1. The number of phenols is 1. The van der Waals surface area contributed by atoms with Gasteiger partial charge in [-0.2, -0.15) is 5.10 Å². The molecule has 0 radical (unpaired) electrons. The Morgan fingerprint density at radius 2 is 1.81 bits per heavy atom. The van der Waals surface area contributed by atoms with Crippen LogP contribution >= 0.6 is 12.2 Å². The van der Waals surface area contributed by atoms with Crippen molar-refractivity contribution in [2.24, 2.45) is 5.10 Å². The van der Waals surface area contributed by atoms with Crippen molar-refractivity contribution in [1.82, 2.24) is 10.7 Å². The van der Waals surface area contributed by atoms with Crippen LogP contribution in [0.4, 0.5) is 0 Å². The van der Waals surface area contributed by atoms with Crippen LogP contribution in [-0.4, -0.2) is 16.4 Å². The van der Waals surface area contributed by atoms with Gasteiger partial charge in [-0.3, -0.25) is 5.43 Å². The summed E-state index contributed by atoms with van der Waals surface area (Å²) in [5, 5.41) is 17.2. The summed E-state index contributed by atoms with van der Waals surface area (Å²) >= 11 is 5.18. The topological polar surface area (TPSA) is 56.7 Å². The molecule has 5 heteroatoms. The number of rotatable bonds is 4. The molecule has 0 heterocycles. The van der Waals surface area contributed by atoms with Crippen LogP contribution in [-0.2, 0) is 0 Å². The molecule has 0 aliphatic rings. The van der Waals surface area contributed by atoms with Gasteiger partial charge in [0.2, 0.25) is 0 Å². The molecule has 2 rings (SSSR count). The van der Waals surface area contributed by atoms with Gasteiger partial charge in [-0.1, -0.05) is 42.5 Å². The van der Waals surface area contributed by atoms with E-state index < -0.39 is 0 Å². The second kappa shape index (κ2) is 7.40. The summed E-state index contributed by atoms with van der Waals surface area (Å²) in [5.74, 6) is 0.180. The van der Waals surface area contributed by atoms with E-state index in [-0.39, 0.29) is 11.8 Å². The second-order valence-corrected chi connectivity index (χ2v) is 4.94. The summed E-state index contributed by atoms with van der Waals surface area (Å²) in [5.41, 5.74) is 4.51. The van der Waals surface area contributed by atoms with Crippen molar-refractivity contribution < 1.29 is 5.11 Å². The van der Waals surface area contributed by atoms with Gasteiger partial charge >= 0.3 is 0 Å². The van der Waals surface area contributed by atoms with Gasteiger partial charge < -0.3 is 10.4 Å². The third-order valence-corrected chi connectivity index (χ3v) is 3.16. The average Bonchev–Trinajstić information content (AvgIpc) is 2.50. The summed E-state index contributed by atoms with van der Waals surface area (Å²) < 4.78 is 0. The van der Waals surface area contributed by atoms with Gasteiger partial charge in [-0.15, -0.1) is 0 Å². The fourth-order valence-corrected chi connectivity index (χ4v) is 2.04. The summed E-state index contributed by atoms with van der Waals surface area (Å²) in [6, 6.07) is 17.1. The van der Waals surface area contributed by atoms with Crippen LogP contribution < -0.4 is 10.7 Å². The molecule has 108 valence electrons. The number of thiocarbonyl (C=S) groups is 1. The Kier molecular flexibility index (Phi) is 5.29. The molecule has 0 aromatic heterocycles. The number of aromatic hydroxyl groups is 1. The third-order valence-electron chi connectivity index (χ3n) is 2.95. The average molecular weight is 299 g/mol. The van der Waals surface area contributed by atoms with Gasteiger partial charge in [-0.25, -0.2) is 0 Å². The van der Waals surface area contributed by atoms with Crippen LogP contribution in [0, 0.1) is 0 Å². The summed E-state index contributed by atoms with van der Waals surface area (Å²) in [6.07, 6.45) is 1.52. The lowest BCUT2D eigenvalue weighted by atomic mass is 10.1. The zero-order chi connectivity index (χ0) is 15.1. The van der Waals surface area contributed by atoms with Gasteiger partial charge in [0.1, 0.15) is 5.75 Å². The first-order chi connectivity index (χ1) is 10.2.